The van der Waals surface area contributed by atoms with Crippen molar-refractivity contribution in [3.63, 3.8) is 0 Å². The molecule has 1 saturated heterocycles. The molecule has 2 aliphatic heterocycles. The third kappa shape index (κ3) is 3.38. The first-order valence-electron chi connectivity index (χ1n) is 8.08. The molecule has 1 aromatic rings. The van der Waals surface area contributed by atoms with Crippen molar-refractivity contribution in [3.05, 3.63) is 34.9 Å². The fourth-order valence-corrected chi connectivity index (χ4v) is 4.05. The molecule has 7 heteroatoms. The molecule has 2 aliphatic rings. The van der Waals surface area contributed by atoms with E-state index in [0.717, 1.165) is 22.6 Å². The Kier molecular flexibility index (Phi) is 4.51. The average Bonchev–Trinajstić information content (AvgIpc) is 2.96. The summed E-state index contributed by atoms with van der Waals surface area (Å²) in [5, 5.41) is 21.7. The summed E-state index contributed by atoms with van der Waals surface area (Å²) >= 11 is 0. The van der Waals surface area contributed by atoms with E-state index in [0.29, 0.717) is 12.2 Å². The lowest BCUT2D eigenvalue weighted by atomic mass is 10.1. The molecule has 0 spiro atoms. The maximum absolute atomic E-state index is 10.4. The predicted molar refractivity (Wildman–Crippen MR) is 97.8 cm³/mol. The predicted octanol–water partition coefficient (Wildman–Crippen LogP) is 0.0135. The number of nitrogens with zero attached hydrogens (tertiary/aromatic N) is 2. The summed E-state index contributed by atoms with van der Waals surface area (Å²) in [4.78, 5) is 9.29. The second-order valence-corrected chi connectivity index (χ2v) is 11.6. The molecule has 4 atom stereocenters. The Bertz CT molecular complexity index is 810. The number of nitrogens with one attached hydrogen (secondary N) is 1. The number of ether oxygens (including phenoxy) is 1. The molecule has 6 nitrogen and oxygen atoms in total. The van der Waals surface area contributed by atoms with E-state index in [1.807, 2.05) is 19.2 Å². The van der Waals surface area contributed by atoms with Crippen molar-refractivity contribution in [2.24, 2.45) is 4.99 Å². The van der Waals surface area contributed by atoms with Crippen LogP contribution in [0.25, 0.3) is 6.20 Å². The normalized spacial score (nSPS) is 30.0. The first-order chi connectivity index (χ1) is 11.2. The third-order valence-electron chi connectivity index (χ3n) is 4.41. The Morgan fingerprint density at radius 3 is 2.75 bits per heavy atom. The van der Waals surface area contributed by atoms with Gasteiger partial charge in [0.1, 0.15) is 23.5 Å². The van der Waals surface area contributed by atoms with Gasteiger partial charge in [-0.15, -0.1) is 13.2 Å². The van der Waals surface area contributed by atoms with Crippen LogP contribution in [0.4, 0.5) is 0 Å². The molecule has 0 saturated carbocycles. The first-order valence-corrected chi connectivity index (χ1v) is 11.1. The van der Waals surface area contributed by atoms with Gasteiger partial charge in [0.2, 0.25) is 0 Å². The van der Waals surface area contributed by atoms with Gasteiger partial charge < -0.3 is 24.8 Å². The standard InChI is InChI=1S/C17H26N3O3P/c1-10-8-12-9-20(11(2)19-16(12)18-10)17-15(22)14(21)13(23-17)6-7-24(3,4)5/h8-9,13-15,17,21-22H,2-3,6-7H2,1,4-5H3,(H,18,19)/t13?,14-,15-,17?/m1/s1. The molecule has 3 N–H and O–H groups in total. The van der Waals surface area contributed by atoms with Crippen LogP contribution in [-0.2, 0) is 4.74 Å². The van der Waals surface area contributed by atoms with E-state index >= 15 is 0 Å². The van der Waals surface area contributed by atoms with Gasteiger partial charge in [-0.3, -0.25) is 0 Å². The summed E-state index contributed by atoms with van der Waals surface area (Å²) in [6.45, 7) is 9.00. The van der Waals surface area contributed by atoms with Crippen molar-refractivity contribution in [2.75, 3.05) is 19.5 Å². The van der Waals surface area contributed by atoms with Crippen molar-refractivity contribution in [1.82, 2.24) is 9.88 Å². The zero-order valence-electron chi connectivity index (χ0n) is 14.4. The van der Waals surface area contributed by atoms with Crippen LogP contribution in [0.3, 0.4) is 0 Å². The van der Waals surface area contributed by atoms with Crippen LogP contribution in [0.1, 0.15) is 12.1 Å². The summed E-state index contributed by atoms with van der Waals surface area (Å²) < 4.78 is 5.97. The van der Waals surface area contributed by atoms with Gasteiger partial charge >= 0.3 is 0 Å². The number of rotatable bonds is 4. The van der Waals surface area contributed by atoms with Crippen molar-refractivity contribution < 1.29 is 14.9 Å². The van der Waals surface area contributed by atoms with E-state index in [2.05, 4.69) is 36.2 Å². The topological polar surface area (TPSA) is 81.1 Å². The number of aryl methyl sites for hydroxylation is 1. The molecule has 0 radical (unpaired) electrons. The van der Waals surface area contributed by atoms with Crippen LogP contribution in [-0.4, -0.2) is 70.4 Å². The molecule has 0 aliphatic carbocycles. The summed E-state index contributed by atoms with van der Waals surface area (Å²) in [6.07, 6.45) is 4.62. The summed E-state index contributed by atoms with van der Waals surface area (Å²) in [5.41, 5.74) is 1.75. The van der Waals surface area contributed by atoms with E-state index in [4.69, 9.17) is 4.74 Å². The Balaban J connectivity index is 1.81. The average molecular weight is 351 g/mol. The number of H-pyrrole nitrogens is 1. The van der Waals surface area contributed by atoms with Gasteiger partial charge in [0, 0.05) is 17.1 Å². The highest BCUT2D eigenvalue weighted by Crippen LogP contribution is 2.38. The zero-order valence-corrected chi connectivity index (χ0v) is 15.3. The lowest BCUT2D eigenvalue weighted by Gasteiger charge is -2.29. The van der Waals surface area contributed by atoms with E-state index in [1.165, 1.54) is 0 Å². The Labute approximate surface area is 142 Å². The fourth-order valence-electron chi connectivity index (χ4n) is 3.09. The number of aromatic amines is 1. The Morgan fingerprint density at radius 2 is 2.08 bits per heavy atom. The number of fused-ring (bicyclic) bond motifs is 1. The quantitative estimate of drug-likeness (QED) is 0.668. The van der Waals surface area contributed by atoms with Crippen LogP contribution in [0.2, 0.25) is 0 Å². The van der Waals surface area contributed by atoms with Gasteiger partial charge in [0.25, 0.3) is 0 Å². The van der Waals surface area contributed by atoms with E-state index < -0.39 is 31.4 Å². The highest BCUT2D eigenvalue weighted by atomic mass is 31.2. The lowest BCUT2D eigenvalue weighted by Crippen LogP contribution is -2.44. The Morgan fingerprint density at radius 1 is 1.38 bits per heavy atom. The van der Waals surface area contributed by atoms with Crippen LogP contribution >= 0.6 is 6.89 Å². The van der Waals surface area contributed by atoms with E-state index in [-0.39, 0.29) is 0 Å². The molecule has 1 fully saturated rings. The van der Waals surface area contributed by atoms with Crippen molar-refractivity contribution in [3.8, 4) is 0 Å². The first kappa shape index (κ1) is 17.5. The van der Waals surface area contributed by atoms with Crippen LogP contribution in [0, 0.1) is 6.92 Å². The molecule has 24 heavy (non-hydrogen) atoms. The molecule has 132 valence electrons. The van der Waals surface area contributed by atoms with Gasteiger partial charge in [-0.2, -0.15) is 0 Å². The van der Waals surface area contributed by atoms with E-state index in [9.17, 15) is 10.2 Å². The van der Waals surface area contributed by atoms with Crippen molar-refractivity contribution in [1.29, 1.82) is 0 Å². The highest BCUT2D eigenvalue weighted by Gasteiger charge is 2.45. The number of aliphatic hydroxyl groups excluding tert-OH is 2. The lowest BCUT2D eigenvalue weighted by molar-refractivity contribution is -0.0517. The van der Waals surface area contributed by atoms with E-state index in [1.54, 1.807) is 4.90 Å². The van der Waals surface area contributed by atoms with Crippen LogP contribution in [0.15, 0.2) is 23.5 Å². The molecular weight excluding hydrogens is 325 g/mol. The van der Waals surface area contributed by atoms with Gasteiger partial charge in [0.05, 0.1) is 6.10 Å². The largest absolute Gasteiger partial charge is 0.388 e. The summed E-state index contributed by atoms with van der Waals surface area (Å²) in [5.74, 6) is 0.478. The molecular formula is C17H26N3O3P. The molecule has 3 heterocycles. The minimum Gasteiger partial charge on any atom is -0.388 e. The monoisotopic (exact) mass is 351 g/mol. The van der Waals surface area contributed by atoms with Gasteiger partial charge in [0.15, 0.2) is 6.23 Å². The van der Waals surface area contributed by atoms with Gasteiger partial charge in [-0.05, 0) is 38.9 Å². The maximum atomic E-state index is 10.4. The number of hydrogen-bond acceptors (Lipinski definition) is 5. The molecule has 1 aromatic heterocycles. The number of hydrogen-bond donors (Lipinski definition) is 3. The summed E-state index contributed by atoms with van der Waals surface area (Å²) in [7, 11) is 0. The number of aromatic nitrogens is 1. The maximum Gasteiger partial charge on any atom is 0.164 e. The molecule has 3 rings (SSSR count). The highest BCUT2D eigenvalue weighted by molar-refractivity contribution is 7.72. The minimum absolute atomic E-state index is 0.401. The van der Waals surface area contributed by atoms with Crippen molar-refractivity contribution in [2.45, 2.75) is 37.9 Å². The van der Waals surface area contributed by atoms with Crippen LogP contribution < -0.4 is 10.7 Å². The van der Waals surface area contributed by atoms with Crippen molar-refractivity contribution >= 4 is 19.4 Å². The number of aliphatic hydroxyl groups is 2. The van der Waals surface area contributed by atoms with Crippen LogP contribution in [0.5, 0.6) is 0 Å². The minimum atomic E-state index is -1.20. The van der Waals surface area contributed by atoms with Gasteiger partial charge in [-0.1, -0.05) is 6.58 Å². The second-order valence-electron chi connectivity index (χ2n) is 7.31. The molecule has 0 amide bonds. The smallest absolute Gasteiger partial charge is 0.164 e. The zero-order chi connectivity index (χ0) is 17.6. The fraction of sp³-hybridized carbons (Fsp3) is 0.529. The SMILES string of the molecule is C=C1N=c2[nH]c(C)cc2=CN1C1OC(CCP(=C)(C)C)[C@@H](O)[C@H]1O. The van der Waals surface area contributed by atoms with Gasteiger partial charge in [-0.25, -0.2) is 4.99 Å². The Hall–Kier alpha value is -1.33. The molecule has 0 aromatic carbocycles. The summed E-state index contributed by atoms with van der Waals surface area (Å²) in [6, 6.07) is 1.98. The third-order valence-corrected chi connectivity index (χ3v) is 5.88. The molecule has 2 unspecified atom stereocenters. The molecule has 0 bridgehead atoms. The second kappa shape index (κ2) is 6.19.